The van der Waals surface area contributed by atoms with Gasteiger partial charge in [0, 0.05) is 7.11 Å². The highest BCUT2D eigenvalue weighted by atomic mass is 16.5. The summed E-state index contributed by atoms with van der Waals surface area (Å²) < 4.78 is 5.94. The molecular weight excluding hydrogens is 280 g/mol. The van der Waals surface area contributed by atoms with Crippen LogP contribution < -0.4 is 0 Å². The van der Waals surface area contributed by atoms with Crippen molar-refractivity contribution in [3.8, 4) is 0 Å². The van der Waals surface area contributed by atoms with Crippen LogP contribution in [0.25, 0.3) is 0 Å². The fourth-order valence-electron chi connectivity index (χ4n) is 8.32. The minimum atomic E-state index is 0.486. The van der Waals surface area contributed by atoms with Gasteiger partial charge in [0.2, 0.25) is 0 Å². The van der Waals surface area contributed by atoms with E-state index in [1.54, 1.807) is 0 Å². The first-order valence-electron chi connectivity index (χ1n) is 10.6. The highest BCUT2D eigenvalue weighted by Gasteiger charge is 2.60. The zero-order valence-electron chi connectivity index (χ0n) is 15.9. The molecule has 0 heterocycles. The molecule has 0 unspecified atom stereocenters. The highest BCUT2D eigenvalue weighted by molar-refractivity contribution is 5.10. The van der Waals surface area contributed by atoms with Gasteiger partial charge in [-0.2, -0.15) is 0 Å². The number of fused-ring (bicyclic) bond motifs is 5. The van der Waals surface area contributed by atoms with Crippen molar-refractivity contribution in [3.63, 3.8) is 0 Å². The van der Waals surface area contributed by atoms with Gasteiger partial charge in [-0.1, -0.05) is 27.2 Å². The Labute approximate surface area is 143 Å². The molecule has 0 amide bonds. The van der Waals surface area contributed by atoms with Crippen LogP contribution in [0.3, 0.4) is 0 Å². The molecule has 0 aromatic heterocycles. The van der Waals surface area contributed by atoms with E-state index in [1.165, 1.54) is 64.2 Å². The van der Waals surface area contributed by atoms with E-state index in [1.807, 2.05) is 7.11 Å². The van der Waals surface area contributed by atoms with E-state index < -0.39 is 0 Å². The zero-order chi connectivity index (χ0) is 16.2. The predicted molar refractivity (Wildman–Crippen MR) is 96.3 cm³/mol. The van der Waals surface area contributed by atoms with Gasteiger partial charge in [-0.3, -0.25) is 0 Å². The summed E-state index contributed by atoms with van der Waals surface area (Å²) >= 11 is 0. The van der Waals surface area contributed by atoms with Gasteiger partial charge in [-0.25, -0.2) is 0 Å². The van der Waals surface area contributed by atoms with Crippen LogP contribution in [0.1, 0.15) is 85.0 Å². The van der Waals surface area contributed by atoms with Crippen molar-refractivity contribution in [2.24, 2.45) is 40.4 Å². The Balaban J connectivity index is 1.63. The molecule has 1 heteroatoms. The Morgan fingerprint density at radius 1 is 0.957 bits per heavy atom. The quantitative estimate of drug-likeness (QED) is 0.600. The summed E-state index contributed by atoms with van der Waals surface area (Å²) in [6, 6.07) is 0. The minimum Gasteiger partial charge on any atom is -0.381 e. The van der Waals surface area contributed by atoms with E-state index in [-0.39, 0.29) is 0 Å². The number of rotatable bonds is 2. The Morgan fingerprint density at radius 2 is 1.78 bits per heavy atom. The molecule has 0 bridgehead atoms. The zero-order valence-corrected chi connectivity index (χ0v) is 15.9. The second kappa shape index (κ2) is 5.75. The lowest BCUT2D eigenvalue weighted by Gasteiger charge is -2.62. The maximum Gasteiger partial charge on any atom is 0.0627 e. The Hall–Kier alpha value is -0.0400. The Morgan fingerprint density at radius 3 is 2.52 bits per heavy atom. The summed E-state index contributed by atoms with van der Waals surface area (Å²) in [7, 11) is 1.96. The molecule has 4 aliphatic carbocycles. The van der Waals surface area contributed by atoms with Crippen molar-refractivity contribution in [2.75, 3.05) is 7.11 Å². The van der Waals surface area contributed by atoms with E-state index in [4.69, 9.17) is 4.74 Å². The van der Waals surface area contributed by atoms with E-state index in [2.05, 4.69) is 20.8 Å². The van der Waals surface area contributed by atoms with Crippen molar-refractivity contribution < 1.29 is 4.74 Å². The minimum absolute atomic E-state index is 0.486. The number of hydrogen-bond acceptors (Lipinski definition) is 1. The molecule has 0 spiro atoms. The third kappa shape index (κ3) is 2.21. The molecule has 4 rings (SSSR count). The van der Waals surface area contributed by atoms with Gasteiger partial charge in [0.05, 0.1) is 6.10 Å². The average Bonchev–Trinajstić information content (AvgIpc) is 2.90. The molecule has 8 atom stereocenters. The van der Waals surface area contributed by atoms with Gasteiger partial charge in [-0.05, 0) is 98.2 Å². The lowest BCUT2D eigenvalue weighted by Crippen LogP contribution is -2.54. The van der Waals surface area contributed by atoms with Crippen molar-refractivity contribution >= 4 is 0 Å². The summed E-state index contributed by atoms with van der Waals surface area (Å²) in [5, 5.41) is 0. The van der Waals surface area contributed by atoms with Crippen molar-refractivity contribution in [2.45, 2.75) is 91.1 Å². The van der Waals surface area contributed by atoms with Gasteiger partial charge >= 0.3 is 0 Å². The van der Waals surface area contributed by atoms with Gasteiger partial charge < -0.3 is 4.74 Å². The smallest absolute Gasteiger partial charge is 0.0627 e. The molecule has 0 saturated heterocycles. The fraction of sp³-hybridized carbons (Fsp3) is 1.00. The number of ether oxygens (including phenoxy) is 1. The Bertz CT molecular complexity index is 445. The molecule has 1 nitrogen and oxygen atoms in total. The van der Waals surface area contributed by atoms with Crippen molar-refractivity contribution in [1.29, 1.82) is 0 Å². The van der Waals surface area contributed by atoms with Crippen molar-refractivity contribution in [1.82, 2.24) is 0 Å². The molecule has 0 aromatic rings. The average molecular weight is 319 g/mol. The molecule has 0 radical (unpaired) electrons. The van der Waals surface area contributed by atoms with E-state index >= 15 is 0 Å². The molecule has 4 fully saturated rings. The van der Waals surface area contributed by atoms with E-state index in [0.717, 1.165) is 29.6 Å². The maximum atomic E-state index is 5.94. The van der Waals surface area contributed by atoms with Crippen LogP contribution in [-0.2, 0) is 4.74 Å². The molecule has 4 aliphatic rings. The SMILES string of the molecule is CC[C@]12CC[C@@H](C)C[C@@H]1CC[C@H]1[C@@H]3CC[C@H](OC)[C@@]3(C)CC[C@@H]12. The maximum absolute atomic E-state index is 5.94. The molecule has 0 N–H and O–H groups in total. The Kier molecular flexibility index (Phi) is 4.11. The normalized spacial score (nSPS) is 55.8. The first kappa shape index (κ1) is 16.4. The van der Waals surface area contributed by atoms with Crippen LogP contribution in [0.2, 0.25) is 0 Å². The molecule has 0 aliphatic heterocycles. The third-order valence-corrected chi connectivity index (χ3v) is 9.48. The topological polar surface area (TPSA) is 9.23 Å². The monoisotopic (exact) mass is 318 g/mol. The van der Waals surface area contributed by atoms with Crippen LogP contribution in [0.5, 0.6) is 0 Å². The fourth-order valence-corrected chi connectivity index (χ4v) is 8.32. The largest absolute Gasteiger partial charge is 0.381 e. The van der Waals surface area contributed by atoms with Crippen LogP contribution in [0.15, 0.2) is 0 Å². The summed E-state index contributed by atoms with van der Waals surface area (Å²) in [6.45, 7) is 7.60. The van der Waals surface area contributed by atoms with Crippen LogP contribution in [-0.4, -0.2) is 13.2 Å². The van der Waals surface area contributed by atoms with E-state index in [0.29, 0.717) is 16.9 Å². The van der Waals surface area contributed by atoms with Crippen LogP contribution in [0, 0.1) is 40.4 Å². The van der Waals surface area contributed by atoms with Gasteiger partial charge in [0.1, 0.15) is 0 Å². The first-order chi connectivity index (χ1) is 11.0. The second-order valence-electron chi connectivity index (χ2n) is 9.96. The third-order valence-electron chi connectivity index (χ3n) is 9.48. The van der Waals surface area contributed by atoms with Gasteiger partial charge in [-0.15, -0.1) is 0 Å². The molecule has 4 saturated carbocycles. The number of hydrogen-bond donors (Lipinski definition) is 0. The summed E-state index contributed by atoms with van der Waals surface area (Å²) in [5.74, 6) is 5.02. The lowest BCUT2D eigenvalue weighted by molar-refractivity contribution is -0.138. The summed E-state index contributed by atoms with van der Waals surface area (Å²) in [5.41, 5.74) is 1.20. The molecule has 0 aromatic carbocycles. The summed E-state index contributed by atoms with van der Waals surface area (Å²) in [4.78, 5) is 0. The standard InChI is InChI=1S/C22H38O/c1-5-22-13-10-15(2)14-16(22)6-7-17-18-8-9-20(23-4)21(18,3)12-11-19(17)22/h15-20H,5-14H2,1-4H3/t15-,16+,17+,18+,19+,20+,21+,22+/m1/s1. The molecular formula is C22H38O. The molecule has 23 heavy (non-hydrogen) atoms. The summed E-state index contributed by atoms with van der Waals surface area (Å²) in [6.07, 6.45) is 15.3. The van der Waals surface area contributed by atoms with Gasteiger partial charge in [0.15, 0.2) is 0 Å². The lowest BCUT2D eigenvalue weighted by atomic mass is 9.43. The van der Waals surface area contributed by atoms with Gasteiger partial charge in [0.25, 0.3) is 0 Å². The van der Waals surface area contributed by atoms with E-state index in [9.17, 15) is 0 Å². The molecule has 132 valence electrons. The number of methoxy groups -OCH3 is 1. The first-order valence-corrected chi connectivity index (χ1v) is 10.6. The van der Waals surface area contributed by atoms with Crippen LogP contribution in [0.4, 0.5) is 0 Å². The van der Waals surface area contributed by atoms with Crippen molar-refractivity contribution in [3.05, 3.63) is 0 Å². The predicted octanol–water partition coefficient (Wildman–Crippen LogP) is 6.07. The van der Waals surface area contributed by atoms with Crippen LogP contribution >= 0.6 is 0 Å². The second-order valence-corrected chi connectivity index (χ2v) is 9.96. The highest BCUT2D eigenvalue weighted by Crippen LogP contribution is 2.67.